The fourth-order valence-corrected chi connectivity index (χ4v) is 1.83. The van der Waals surface area contributed by atoms with Crippen molar-refractivity contribution >= 4 is 0 Å². The minimum atomic E-state index is 0.749. The highest BCUT2D eigenvalue weighted by Gasteiger charge is 2.25. The molecule has 0 radical (unpaired) electrons. The normalized spacial score (nSPS) is 20.8. The summed E-state index contributed by atoms with van der Waals surface area (Å²) in [7, 11) is 0. The highest BCUT2D eigenvalue weighted by Crippen LogP contribution is 2.24. The molecule has 1 rings (SSSR count). The largest absolute Gasteiger partial charge is 0.301 e. The highest BCUT2D eigenvalue weighted by atomic mass is 15.2. The molecular formula is C14H33N. The molecule has 1 unspecified atom stereocenters. The van der Waals surface area contributed by atoms with Crippen molar-refractivity contribution in [2.45, 2.75) is 67.9 Å². The number of rotatable bonds is 2. The molecule has 1 heteroatoms. The Bertz CT molecular complexity index is 105. The van der Waals surface area contributed by atoms with Crippen LogP contribution in [-0.4, -0.2) is 24.0 Å². The Hall–Kier alpha value is -0.0400. The van der Waals surface area contributed by atoms with Crippen LogP contribution in [0.1, 0.15) is 61.8 Å². The van der Waals surface area contributed by atoms with Crippen molar-refractivity contribution in [3.8, 4) is 0 Å². The molecule has 0 aromatic heterocycles. The van der Waals surface area contributed by atoms with Crippen LogP contribution in [0, 0.1) is 11.8 Å². The minimum absolute atomic E-state index is 0.749. The second kappa shape index (κ2) is 10.5. The first kappa shape index (κ1) is 17.4. The van der Waals surface area contributed by atoms with E-state index in [0.717, 1.165) is 17.9 Å². The van der Waals surface area contributed by atoms with E-state index in [1.807, 2.05) is 27.7 Å². The molecular weight excluding hydrogens is 182 g/mol. The summed E-state index contributed by atoms with van der Waals surface area (Å²) in [5.41, 5.74) is 0. The van der Waals surface area contributed by atoms with Gasteiger partial charge in [-0.25, -0.2) is 0 Å². The van der Waals surface area contributed by atoms with Crippen LogP contribution in [0.3, 0.4) is 0 Å². The molecule has 1 heterocycles. The van der Waals surface area contributed by atoms with E-state index >= 15 is 0 Å². The predicted octanol–water partition coefficient (Wildman–Crippen LogP) is 4.43. The fourth-order valence-electron chi connectivity index (χ4n) is 1.83. The first-order valence-corrected chi connectivity index (χ1v) is 6.85. The lowest BCUT2D eigenvalue weighted by atomic mass is 9.95. The molecule has 1 aliphatic heterocycles. The van der Waals surface area contributed by atoms with E-state index in [2.05, 4.69) is 32.6 Å². The molecule has 0 aliphatic carbocycles. The topological polar surface area (TPSA) is 3.24 Å². The predicted molar refractivity (Wildman–Crippen MR) is 72.4 cm³/mol. The van der Waals surface area contributed by atoms with Gasteiger partial charge < -0.3 is 4.90 Å². The fraction of sp³-hybridized carbons (Fsp3) is 1.00. The molecule has 1 atom stereocenters. The lowest BCUT2D eigenvalue weighted by molar-refractivity contribution is 0.253. The summed E-state index contributed by atoms with van der Waals surface area (Å²) in [6.07, 6.45) is 1.41. The molecule has 1 fully saturated rings. The van der Waals surface area contributed by atoms with E-state index in [1.165, 1.54) is 19.5 Å². The SMILES string of the molecule is CC.CC.CC(C)C1CCN(C(C)C)C1. The Labute approximate surface area is 98.2 Å². The third-order valence-corrected chi connectivity index (χ3v) is 2.93. The Morgan fingerprint density at radius 2 is 1.40 bits per heavy atom. The minimum Gasteiger partial charge on any atom is -0.301 e. The number of nitrogens with zero attached hydrogens (tertiary/aromatic N) is 1. The third kappa shape index (κ3) is 6.94. The van der Waals surface area contributed by atoms with Crippen LogP contribution in [-0.2, 0) is 0 Å². The lowest BCUT2D eigenvalue weighted by Gasteiger charge is -2.21. The van der Waals surface area contributed by atoms with Crippen LogP contribution in [0.5, 0.6) is 0 Å². The van der Waals surface area contributed by atoms with E-state index in [4.69, 9.17) is 0 Å². The molecule has 0 N–H and O–H groups in total. The van der Waals surface area contributed by atoms with E-state index in [0.29, 0.717) is 0 Å². The van der Waals surface area contributed by atoms with E-state index in [-0.39, 0.29) is 0 Å². The monoisotopic (exact) mass is 215 g/mol. The van der Waals surface area contributed by atoms with E-state index in [1.54, 1.807) is 0 Å². The van der Waals surface area contributed by atoms with Gasteiger partial charge in [-0.2, -0.15) is 0 Å². The van der Waals surface area contributed by atoms with Gasteiger partial charge >= 0.3 is 0 Å². The van der Waals surface area contributed by atoms with Gasteiger partial charge in [-0.1, -0.05) is 41.5 Å². The van der Waals surface area contributed by atoms with Gasteiger partial charge in [0.15, 0.2) is 0 Å². The van der Waals surface area contributed by atoms with Crippen LogP contribution in [0.25, 0.3) is 0 Å². The molecule has 0 amide bonds. The highest BCUT2D eigenvalue weighted by molar-refractivity contribution is 4.79. The van der Waals surface area contributed by atoms with Crippen molar-refractivity contribution in [3.63, 3.8) is 0 Å². The lowest BCUT2D eigenvalue weighted by Crippen LogP contribution is -2.28. The number of likely N-dealkylation sites (tertiary alicyclic amines) is 1. The number of hydrogen-bond donors (Lipinski definition) is 0. The average Bonchev–Trinajstić information content (AvgIpc) is 2.73. The summed E-state index contributed by atoms with van der Waals surface area (Å²) in [6, 6.07) is 0.749. The quantitative estimate of drug-likeness (QED) is 0.659. The second-order valence-corrected chi connectivity index (χ2v) is 4.38. The summed E-state index contributed by atoms with van der Waals surface area (Å²) in [4.78, 5) is 2.59. The van der Waals surface area contributed by atoms with Crippen molar-refractivity contribution in [3.05, 3.63) is 0 Å². The van der Waals surface area contributed by atoms with Crippen molar-refractivity contribution in [2.75, 3.05) is 13.1 Å². The molecule has 0 bridgehead atoms. The summed E-state index contributed by atoms with van der Waals surface area (Å²) >= 11 is 0. The molecule has 0 aromatic rings. The van der Waals surface area contributed by atoms with Crippen LogP contribution in [0.2, 0.25) is 0 Å². The van der Waals surface area contributed by atoms with E-state index in [9.17, 15) is 0 Å². The molecule has 94 valence electrons. The van der Waals surface area contributed by atoms with Crippen LogP contribution in [0.15, 0.2) is 0 Å². The van der Waals surface area contributed by atoms with Crippen molar-refractivity contribution < 1.29 is 0 Å². The van der Waals surface area contributed by atoms with E-state index < -0.39 is 0 Å². The van der Waals surface area contributed by atoms with Crippen molar-refractivity contribution in [2.24, 2.45) is 11.8 Å². The summed E-state index contributed by atoms with van der Waals surface area (Å²) in [5.74, 6) is 1.83. The molecule has 1 saturated heterocycles. The first-order valence-electron chi connectivity index (χ1n) is 6.85. The van der Waals surface area contributed by atoms with Gasteiger partial charge in [-0.05, 0) is 38.6 Å². The zero-order valence-corrected chi connectivity index (χ0v) is 12.3. The Morgan fingerprint density at radius 1 is 0.933 bits per heavy atom. The van der Waals surface area contributed by atoms with Gasteiger partial charge in [0.2, 0.25) is 0 Å². The zero-order chi connectivity index (χ0) is 12.4. The molecule has 1 aliphatic rings. The maximum Gasteiger partial charge on any atom is 0.00387 e. The second-order valence-electron chi connectivity index (χ2n) is 4.38. The Balaban J connectivity index is 0. The smallest absolute Gasteiger partial charge is 0.00387 e. The molecule has 1 nitrogen and oxygen atoms in total. The average molecular weight is 215 g/mol. The zero-order valence-electron chi connectivity index (χ0n) is 12.3. The van der Waals surface area contributed by atoms with Crippen LogP contribution >= 0.6 is 0 Å². The van der Waals surface area contributed by atoms with Gasteiger partial charge in [-0.15, -0.1) is 0 Å². The van der Waals surface area contributed by atoms with Gasteiger partial charge in [0, 0.05) is 12.6 Å². The molecule has 0 aromatic carbocycles. The molecule has 15 heavy (non-hydrogen) atoms. The van der Waals surface area contributed by atoms with Gasteiger partial charge in [0.05, 0.1) is 0 Å². The Morgan fingerprint density at radius 3 is 1.60 bits per heavy atom. The first-order chi connectivity index (χ1) is 7.11. The van der Waals surface area contributed by atoms with Crippen molar-refractivity contribution in [1.82, 2.24) is 4.90 Å². The summed E-state index contributed by atoms with van der Waals surface area (Å²) < 4.78 is 0. The van der Waals surface area contributed by atoms with Gasteiger partial charge in [0.25, 0.3) is 0 Å². The number of hydrogen-bond acceptors (Lipinski definition) is 1. The summed E-state index contributed by atoms with van der Waals surface area (Å²) in [5, 5.41) is 0. The standard InChI is InChI=1S/C10H21N.2C2H6/c1-8(2)10-5-6-11(7-10)9(3)4;2*1-2/h8-10H,5-7H2,1-4H3;2*1-2H3. The van der Waals surface area contributed by atoms with Crippen LogP contribution < -0.4 is 0 Å². The van der Waals surface area contributed by atoms with Gasteiger partial charge in [0.1, 0.15) is 0 Å². The Kier molecular flexibility index (Phi) is 12.1. The van der Waals surface area contributed by atoms with Crippen LogP contribution in [0.4, 0.5) is 0 Å². The molecule has 0 spiro atoms. The third-order valence-electron chi connectivity index (χ3n) is 2.93. The van der Waals surface area contributed by atoms with Crippen molar-refractivity contribution in [1.29, 1.82) is 0 Å². The maximum atomic E-state index is 2.59. The van der Waals surface area contributed by atoms with Gasteiger partial charge in [-0.3, -0.25) is 0 Å². The summed E-state index contributed by atoms with van der Waals surface area (Å²) in [6.45, 7) is 19.9. The maximum absolute atomic E-state index is 2.59. The molecule has 0 saturated carbocycles.